The van der Waals surface area contributed by atoms with Crippen molar-refractivity contribution in [3.8, 4) is 11.5 Å². The Labute approximate surface area is 141 Å². The van der Waals surface area contributed by atoms with Crippen molar-refractivity contribution in [1.82, 2.24) is 9.80 Å². The van der Waals surface area contributed by atoms with E-state index in [1.165, 1.54) is 38.2 Å². The highest BCUT2D eigenvalue weighted by Gasteiger charge is 2.31. The van der Waals surface area contributed by atoms with E-state index in [2.05, 4.69) is 9.73 Å². The summed E-state index contributed by atoms with van der Waals surface area (Å²) in [5, 5.41) is 0. The summed E-state index contributed by atoms with van der Waals surface area (Å²) in [4.78, 5) is 28.6. The molecule has 0 heterocycles. The molecule has 1 rings (SSSR count). The van der Waals surface area contributed by atoms with E-state index in [9.17, 15) is 22.8 Å². The smallest absolute Gasteiger partial charge is 0.446 e. The molecule has 2 amide bonds. The number of carbonyl (C=O) groups is 2. The van der Waals surface area contributed by atoms with Crippen LogP contribution in [0.3, 0.4) is 0 Å². The highest BCUT2D eigenvalue weighted by molar-refractivity contribution is 5.88. The first kappa shape index (κ1) is 20.0. The van der Waals surface area contributed by atoms with Gasteiger partial charge in [0.2, 0.25) is 12.3 Å². The summed E-state index contributed by atoms with van der Waals surface area (Å²) in [5.41, 5.74) is 0. The van der Waals surface area contributed by atoms with Crippen molar-refractivity contribution in [3.05, 3.63) is 36.2 Å². The van der Waals surface area contributed by atoms with Gasteiger partial charge in [-0.3, -0.25) is 9.59 Å². The van der Waals surface area contributed by atoms with Gasteiger partial charge in [0.05, 0.1) is 0 Å². The fraction of sp³-hybridized carbons (Fsp3) is 0.267. The van der Waals surface area contributed by atoms with Crippen LogP contribution < -0.4 is 9.47 Å². The number of rotatable bonds is 7. The van der Waals surface area contributed by atoms with Crippen LogP contribution in [0.2, 0.25) is 0 Å². The first-order chi connectivity index (χ1) is 11.6. The van der Waals surface area contributed by atoms with E-state index in [-0.39, 0.29) is 11.6 Å². The molecule has 10 heteroatoms. The van der Waals surface area contributed by atoms with Gasteiger partial charge in [-0.2, -0.15) is 0 Å². The van der Waals surface area contributed by atoms with Crippen molar-refractivity contribution in [2.75, 3.05) is 21.1 Å². The van der Waals surface area contributed by atoms with Crippen LogP contribution in [-0.4, -0.2) is 56.0 Å². The van der Waals surface area contributed by atoms with Crippen LogP contribution in [-0.2, 0) is 9.59 Å². The molecule has 1 aromatic rings. The molecule has 0 saturated heterocycles. The number of likely N-dealkylation sites (N-methyl/N-ethyl adjacent to an activating group) is 1. The molecule has 136 valence electrons. The second-order valence-corrected chi connectivity index (χ2v) is 4.83. The van der Waals surface area contributed by atoms with Gasteiger partial charge in [-0.05, 0) is 12.1 Å². The number of hydrogen-bond acceptors (Lipinski definition) is 5. The molecule has 7 nitrogen and oxygen atoms in total. The van der Waals surface area contributed by atoms with Gasteiger partial charge in [0.1, 0.15) is 17.3 Å². The standard InChI is InChI=1S/C15H16F3N3O4/c1-20(2)14(23)8-13(21(3)10-22)19-9-24-11-5-4-6-12(7-11)25-15(16,17)18/h4-10H,1-3H3/b13-8-,19-9?. The Morgan fingerprint density at radius 1 is 1.20 bits per heavy atom. The molecule has 0 aliphatic rings. The van der Waals surface area contributed by atoms with Crippen LogP contribution >= 0.6 is 0 Å². The number of alkyl halides is 3. The van der Waals surface area contributed by atoms with Crippen LogP contribution in [0.15, 0.2) is 41.2 Å². The molecular formula is C15H16F3N3O4. The Balaban J connectivity index is 2.87. The van der Waals surface area contributed by atoms with Crippen molar-refractivity contribution in [2.45, 2.75) is 6.36 Å². The third-order valence-electron chi connectivity index (χ3n) is 2.63. The van der Waals surface area contributed by atoms with E-state index in [1.54, 1.807) is 0 Å². The van der Waals surface area contributed by atoms with Gasteiger partial charge in [-0.1, -0.05) is 6.07 Å². The molecule has 0 fully saturated rings. The minimum atomic E-state index is -4.82. The topological polar surface area (TPSA) is 71.4 Å². The maximum Gasteiger partial charge on any atom is 0.573 e. The van der Waals surface area contributed by atoms with Gasteiger partial charge in [-0.15, -0.1) is 13.2 Å². The first-order valence-corrected chi connectivity index (χ1v) is 6.78. The summed E-state index contributed by atoms with van der Waals surface area (Å²) in [5.74, 6) is -0.864. The Bertz CT molecular complexity index is 672. The molecule has 0 aliphatic heterocycles. The average molecular weight is 359 g/mol. The van der Waals surface area contributed by atoms with Gasteiger partial charge in [0.15, 0.2) is 6.40 Å². The first-order valence-electron chi connectivity index (χ1n) is 6.78. The summed E-state index contributed by atoms with van der Waals surface area (Å²) in [7, 11) is 4.41. The van der Waals surface area contributed by atoms with E-state index < -0.39 is 18.0 Å². The summed E-state index contributed by atoms with van der Waals surface area (Å²) >= 11 is 0. The second kappa shape index (κ2) is 8.71. The fourth-order valence-corrected chi connectivity index (χ4v) is 1.41. The van der Waals surface area contributed by atoms with E-state index >= 15 is 0 Å². The molecule has 0 unspecified atom stereocenters. The van der Waals surface area contributed by atoms with Crippen molar-refractivity contribution in [2.24, 2.45) is 4.99 Å². The van der Waals surface area contributed by atoms with Crippen LogP contribution in [0, 0.1) is 0 Å². The highest BCUT2D eigenvalue weighted by Crippen LogP contribution is 2.25. The summed E-state index contributed by atoms with van der Waals surface area (Å²) in [6.07, 6.45) is -2.40. The normalized spacial score (nSPS) is 12.0. The third kappa shape index (κ3) is 7.38. The number of aliphatic imine (C=N–C) groups is 1. The third-order valence-corrected chi connectivity index (χ3v) is 2.63. The van der Waals surface area contributed by atoms with Gasteiger partial charge < -0.3 is 19.3 Å². The van der Waals surface area contributed by atoms with Crippen LogP contribution in [0.5, 0.6) is 11.5 Å². The summed E-state index contributed by atoms with van der Waals surface area (Å²) < 4.78 is 45.4. The summed E-state index contributed by atoms with van der Waals surface area (Å²) in [6.45, 7) is 0. The summed E-state index contributed by atoms with van der Waals surface area (Å²) in [6, 6.07) is 4.80. The predicted molar refractivity (Wildman–Crippen MR) is 82.8 cm³/mol. The SMILES string of the molecule is CN(C)C(=O)/C=C(/N=COc1cccc(OC(F)(F)F)c1)N(C)C=O. The largest absolute Gasteiger partial charge is 0.573 e. The zero-order valence-electron chi connectivity index (χ0n) is 13.6. The molecule has 0 bridgehead atoms. The molecular weight excluding hydrogens is 343 g/mol. The van der Waals surface area contributed by atoms with E-state index in [0.717, 1.165) is 29.5 Å². The van der Waals surface area contributed by atoms with Crippen LogP contribution in [0.25, 0.3) is 0 Å². The number of hydrogen-bond donors (Lipinski definition) is 0. The van der Waals surface area contributed by atoms with E-state index in [1.807, 2.05) is 0 Å². The minimum Gasteiger partial charge on any atom is -0.446 e. The van der Waals surface area contributed by atoms with Gasteiger partial charge in [0.25, 0.3) is 0 Å². The molecule has 25 heavy (non-hydrogen) atoms. The molecule has 0 spiro atoms. The average Bonchev–Trinajstić information content (AvgIpc) is 2.51. The zero-order valence-corrected chi connectivity index (χ0v) is 13.6. The van der Waals surface area contributed by atoms with Crippen LogP contribution in [0.1, 0.15) is 0 Å². The number of benzene rings is 1. The maximum atomic E-state index is 12.2. The maximum absolute atomic E-state index is 12.2. The van der Waals surface area contributed by atoms with Crippen molar-refractivity contribution in [1.29, 1.82) is 0 Å². The van der Waals surface area contributed by atoms with Crippen LogP contribution in [0.4, 0.5) is 13.2 Å². The second-order valence-electron chi connectivity index (χ2n) is 4.83. The van der Waals surface area contributed by atoms with E-state index in [0.29, 0.717) is 6.41 Å². The lowest BCUT2D eigenvalue weighted by Crippen LogP contribution is -2.22. The lowest BCUT2D eigenvalue weighted by atomic mass is 10.3. The molecule has 0 aromatic heterocycles. The number of amides is 2. The minimum absolute atomic E-state index is 0.0172. The molecule has 0 aliphatic carbocycles. The Morgan fingerprint density at radius 3 is 2.40 bits per heavy atom. The van der Waals surface area contributed by atoms with Crippen molar-refractivity contribution < 1.29 is 32.2 Å². The monoisotopic (exact) mass is 359 g/mol. The molecule has 0 atom stereocenters. The van der Waals surface area contributed by atoms with Crippen molar-refractivity contribution in [3.63, 3.8) is 0 Å². The highest BCUT2D eigenvalue weighted by atomic mass is 19.4. The predicted octanol–water partition coefficient (Wildman–Crippen LogP) is 2.01. The lowest BCUT2D eigenvalue weighted by molar-refractivity contribution is -0.274. The lowest BCUT2D eigenvalue weighted by Gasteiger charge is -2.13. The van der Waals surface area contributed by atoms with Crippen molar-refractivity contribution >= 4 is 18.7 Å². The Hall–Kier alpha value is -3.04. The molecule has 0 N–H and O–H groups in total. The number of carbonyl (C=O) groups excluding carboxylic acids is 2. The number of ether oxygens (including phenoxy) is 2. The molecule has 0 saturated carbocycles. The fourth-order valence-electron chi connectivity index (χ4n) is 1.41. The number of halogens is 3. The Kier molecular flexibility index (Phi) is 6.97. The Morgan fingerprint density at radius 2 is 1.84 bits per heavy atom. The van der Waals surface area contributed by atoms with Gasteiger partial charge >= 0.3 is 6.36 Å². The molecule has 1 aromatic carbocycles. The quantitative estimate of drug-likeness (QED) is 0.323. The molecule has 0 radical (unpaired) electrons. The van der Waals surface area contributed by atoms with Gasteiger partial charge in [-0.25, -0.2) is 4.99 Å². The number of nitrogens with zero attached hydrogens (tertiary/aromatic N) is 3. The zero-order chi connectivity index (χ0) is 19.0. The van der Waals surface area contributed by atoms with Gasteiger partial charge in [0, 0.05) is 33.3 Å². The van der Waals surface area contributed by atoms with E-state index in [4.69, 9.17) is 4.74 Å².